The Kier molecular flexibility index (Phi) is 5.25. The third-order valence-corrected chi connectivity index (χ3v) is 3.66. The summed E-state index contributed by atoms with van der Waals surface area (Å²) in [5.74, 6) is 0.875. The Labute approximate surface area is 126 Å². The highest BCUT2D eigenvalue weighted by atomic mass is 79.9. The van der Waals surface area contributed by atoms with E-state index in [-0.39, 0.29) is 0 Å². The van der Waals surface area contributed by atoms with Crippen LogP contribution in [-0.4, -0.2) is 7.11 Å². The molecule has 0 unspecified atom stereocenters. The van der Waals surface area contributed by atoms with E-state index >= 15 is 0 Å². The molecule has 0 spiro atoms. The van der Waals surface area contributed by atoms with E-state index in [1.54, 1.807) is 7.11 Å². The van der Waals surface area contributed by atoms with E-state index in [0.29, 0.717) is 0 Å². The zero-order chi connectivity index (χ0) is 13.7. The van der Waals surface area contributed by atoms with E-state index in [9.17, 15) is 0 Å². The number of hydrogen-bond acceptors (Lipinski definition) is 2. The Morgan fingerprint density at radius 3 is 2.47 bits per heavy atom. The molecule has 0 saturated carbocycles. The summed E-state index contributed by atoms with van der Waals surface area (Å²) in [6, 6.07) is 14.0. The van der Waals surface area contributed by atoms with Crippen molar-refractivity contribution in [3.63, 3.8) is 0 Å². The van der Waals surface area contributed by atoms with Crippen molar-refractivity contribution in [1.82, 2.24) is 5.32 Å². The molecule has 0 atom stereocenters. The van der Waals surface area contributed by atoms with Gasteiger partial charge in [0.05, 0.1) is 7.11 Å². The van der Waals surface area contributed by atoms with E-state index < -0.39 is 0 Å². The lowest BCUT2D eigenvalue weighted by molar-refractivity contribution is 0.414. The minimum absolute atomic E-state index is 0.748. The predicted molar refractivity (Wildman–Crippen MR) is 82.7 cm³/mol. The monoisotopic (exact) mass is 339 g/mol. The summed E-state index contributed by atoms with van der Waals surface area (Å²) < 4.78 is 6.12. The maximum atomic E-state index is 6.16. The van der Waals surface area contributed by atoms with Gasteiger partial charge in [0.2, 0.25) is 0 Å². The average Bonchev–Trinajstić information content (AvgIpc) is 2.42. The first-order valence-corrected chi connectivity index (χ1v) is 7.13. The molecule has 2 aromatic rings. The average molecular weight is 341 g/mol. The van der Waals surface area contributed by atoms with E-state index in [2.05, 4.69) is 33.4 Å². The lowest BCUT2D eigenvalue weighted by Crippen LogP contribution is -2.12. The molecule has 0 radical (unpaired) electrons. The first-order valence-electron chi connectivity index (χ1n) is 5.96. The van der Waals surface area contributed by atoms with Crippen LogP contribution in [0.3, 0.4) is 0 Å². The Hall–Kier alpha value is -1.03. The fourth-order valence-electron chi connectivity index (χ4n) is 1.75. The number of rotatable bonds is 5. The van der Waals surface area contributed by atoms with Crippen molar-refractivity contribution in [3.8, 4) is 5.75 Å². The number of nitrogens with one attached hydrogen (secondary N) is 1. The molecule has 1 N–H and O–H groups in total. The summed E-state index contributed by atoms with van der Waals surface area (Å²) >= 11 is 9.56. The molecule has 0 aliphatic rings. The molecule has 0 aliphatic carbocycles. The Balaban J connectivity index is 1.88. The molecule has 2 nitrogen and oxygen atoms in total. The first-order chi connectivity index (χ1) is 9.19. The van der Waals surface area contributed by atoms with E-state index in [4.69, 9.17) is 16.3 Å². The summed E-state index contributed by atoms with van der Waals surface area (Å²) in [6.45, 7) is 1.55. The van der Waals surface area contributed by atoms with Crippen LogP contribution in [0.4, 0.5) is 0 Å². The smallest absolute Gasteiger partial charge is 0.118 e. The quantitative estimate of drug-likeness (QED) is 0.871. The first kappa shape index (κ1) is 14.4. The predicted octanol–water partition coefficient (Wildman–Crippen LogP) is 4.40. The molecule has 0 aliphatic heterocycles. The summed E-state index contributed by atoms with van der Waals surface area (Å²) in [7, 11) is 1.67. The second-order valence-corrected chi connectivity index (χ2v) is 5.51. The summed E-state index contributed by atoms with van der Waals surface area (Å²) in [5.41, 5.74) is 2.31. The van der Waals surface area contributed by atoms with Crippen LogP contribution >= 0.6 is 27.5 Å². The van der Waals surface area contributed by atoms with Gasteiger partial charge in [-0.15, -0.1) is 0 Å². The van der Waals surface area contributed by atoms with Crippen molar-refractivity contribution in [3.05, 3.63) is 63.1 Å². The highest BCUT2D eigenvalue weighted by molar-refractivity contribution is 9.10. The number of ether oxygens (including phenoxy) is 1. The molecule has 0 aromatic heterocycles. The molecule has 0 saturated heterocycles. The van der Waals surface area contributed by atoms with Gasteiger partial charge in [0, 0.05) is 22.6 Å². The van der Waals surface area contributed by atoms with Crippen LogP contribution < -0.4 is 10.1 Å². The molecule has 19 heavy (non-hydrogen) atoms. The van der Waals surface area contributed by atoms with Gasteiger partial charge < -0.3 is 10.1 Å². The Morgan fingerprint density at radius 2 is 1.84 bits per heavy atom. The van der Waals surface area contributed by atoms with Gasteiger partial charge in [-0.2, -0.15) is 0 Å². The largest absolute Gasteiger partial charge is 0.497 e. The number of halogens is 2. The van der Waals surface area contributed by atoms with Gasteiger partial charge in [-0.05, 0) is 35.4 Å². The lowest BCUT2D eigenvalue weighted by Gasteiger charge is -2.08. The van der Waals surface area contributed by atoms with E-state index in [1.807, 2.05) is 30.3 Å². The Morgan fingerprint density at radius 1 is 1.11 bits per heavy atom. The molecular formula is C15H15BrClNO. The molecule has 0 bridgehead atoms. The van der Waals surface area contributed by atoms with Crippen molar-refractivity contribution in [2.45, 2.75) is 13.1 Å². The van der Waals surface area contributed by atoms with Crippen molar-refractivity contribution in [1.29, 1.82) is 0 Å². The van der Waals surface area contributed by atoms with Crippen LogP contribution in [0.5, 0.6) is 5.75 Å². The number of hydrogen-bond donors (Lipinski definition) is 1. The zero-order valence-corrected chi connectivity index (χ0v) is 13.0. The van der Waals surface area contributed by atoms with Crippen molar-refractivity contribution in [2.24, 2.45) is 0 Å². The van der Waals surface area contributed by atoms with Crippen LogP contribution in [0.15, 0.2) is 46.9 Å². The van der Waals surface area contributed by atoms with Crippen molar-refractivity contribution >= 4 is 27.5 Å². The highest BCUT2D eigenvalue weighted by Gasteiger charge is 2.01. The fraction of sp³-hybridized carbons (Fsp3) is 0.200. The molecule has 0 amide bonds. The van der Waals surface area contributed by atoms with Gasteiger partial charge in [-0.25, -0.2) is 0 Å². The van der Waals surface area contributed by atoms with Crippen molar-refractivity contribution in [2.75, 3.05) is 7.11 Å². The minimum Gasteiger partial charge on any atom is -0.497 e. The van der Waals surface area contributed by atoms with Gasteiger partial charge in [0.25, 0.3) is 0 Å². The maximum absolute atomic E-state index is 6.16. The highest BCUT2D eigenvalue weighted by Crippen LogP contribution is 2.21. The molecule has 0 heterocycles. The third kappa shape index (κ3) is 4.23. The van der Waals surface area contributed by atoms with E-state index in [1.165, 1.54) is 5.56 Å². The van der Waals surface area contributed by atoms with Crippen LogP contribution in [0.1, 0.15) is 11.1 Å². The van der Waals surface area contributed by atoms with Gasteiger partial charge in [0.15, 0.2) is 0 Å². The third-order valence-electron chi connectivity index (χ3n) is 2.82. The van der Waals surface area contributed by atoms with Gasteiger partial charge in [-0.1, -0.05) is 45.7 Å². The molecule has 2 aromatic carbocycles. The van der Waals surface area contributed by atoms with Crippen LogP contribution in [0.25, 0.3) is 0 Å². The van der Waals surface area contributed by atoms with Crippen molar-refractivity contribution < 1.29 is 4.74 Å². The van der Waals surface area contributed by atoms with Crippen LogP contribution in [0.2, 0.25) is 5.02 Å². The number of methoxy groups -OCH3 is 1. The molecule has 2 rings (SSSR count). The second-order valence-electron chi connectivity index (χ2n) is 4.19. The summed E-state index contributed by atoms with van der Waals surface area (Å²) in [4.78, 5) is 0. The summed E-state index contributed by atoms with van der Waals surface area (Å²) in [5, 5.41) is 4.15. The molecule has 0 fully saturated rings. The van der Waals surface area contributed by atoms with E-state index in [0.717, 1.165) is 33.9 Å². The topological polar surface area (TPSA) is 21.3 Å². The fourth-order valence-corrected chi connectivity index (χ4v) is 2.49. The minimum atomic E-state index is 0.748. The molecular weight excluding hydrogens is 326 g/mol. The molecule has 4 heteroatoms. The van der Waals surface area contributed by atoms with Crippen LogP contribution in [-0.2, 0) is 13.1 Å². The van der Waals surface area contributed by atoms with Gasteiger partial charge >= 0.3 is 0 Å². The van der Waals surface area contributed by atoms with Gasteiger partial charge in [-0.3, -0.25) is 0 Å². The normalized spacial score (nSPS) is 10.5. The maximum Gasteiger partial charge on any atom is 0.118 e. The standard InChI is InChI=1S/C15H15BrClNO/c1-19-14-6-2-11(3-7-14)9-18-10-12-4-5-13(16)8-15(12)17/h2-8,18H,9-10H2,1H3. The Bertz CT molecular complexity index is 542. The second kappa shape index (κ2) is 6.94. The SMILES string of the molecule is COc1ccc(CNCc2ccc(Br)cc2Cl)cc1. The zero-order valence-electron chi connectivity index (χ0n) is 10.6. The lowest BCUT2D eigenvalue weighted by atomic mass is 10.2. The van der Waals surface area contributed by atoms with Gasteiger partial charge in [0.1, 0.15) is 5.75 Å². The number of benzene rings is 2. The van der Waals surface area contributed by atoms with Crippen LogP contribution in [0, 0.1) is 0 Å². The molecule has 100 valence electrons. The summed E-state index contributed by atoms with van der Waals surface area (Å²) in [6.07, 6.45) is 0.